The van der Waals surface area contributed by atoms with Crippen molar-refractivity contribution < 1.29 is 4.74 Å². The van der Waals surface area contributed by atoms with E-state index in [2.05, 4.69) is 16.9 Å². The Morgan fingerprint density at radius 3 is 2.65 bits per heavy atom. The molecule has 0 aliphatic carbocycles. The molecule has 1 aromatic carbocycles. The predicted molar refractivity (Wildman–Crippen MR) is 134 cm³/mol. The zero-order chi connectivity index (χ0) is 24.1. The number of benzene rings is 1. The van der Waals surface area contributed by atoms with Crippen LogP contribution in [0.15, 0.2) is 41.5 Å². The maximum atomic E-state index is 13.3. The van der Waals surface area contributed by atoms with Crippen molar-refractivity contribution in [2.45, 2.75) is 32.9 Å². The topological polar surface area (TPSA) is 78.1 Å². The molecule has 0 unspecified atom stereocenters. The zero-order valence-electron chi connectivity index (χ0n) is 20.1. The Labute approximate surface area is 199 Å². The number of morpholine rings is 1. The van der Waals surface area contributed by atoms with Gasteiger partial charge in [-0.15, -0.1) is 0 Å². The lowest BCUT2D eigenvalue weighted by Gasteiger charge is -2.38. The molecule has 5 rings (SSSR count). The van der Waals surface area contributed by atoms with E-state index in [-0.39, 0.29) is 17.7 Å². The molecular formula is C25H27BN6O2. The Morgan fingerprint density at radius 1 is 1.15 bits per heavy atom. The smallest absolute Gasteiger partial charge is 0.263 e. The second-order valence-corrected chi connectivity index (χ2v) is 9.11. The van der Waals surface area contributed by atoms with Gasteiger partial charge in [0.2, 0.25) is 0 Å². The Bertz CT molecular complexity index is 1460. The Morgan fingerprint density at radius 2 is 1.94 bits per heavy atom. The predicted octanol–water partition coefficient (Wildman–Crippen LogP) is 2.11. The number of hydrogen-bond donors (Lipinski definition) is 0. The van der Waals surface area contributed by atoms with Crippen LogP contribution in [0.3, 0.4) is 0 Å². The van der Waals surface area contributed by atoms with E-state index >= 15 is 0 Å². The lowest BCUT2D eigenvalue weighted by molar-refractivity contribution is 0.0212. The molecule has 0 spiro atoms. The number of aryl methyl sites for hydroxylation is 3. The van der Waals surface area contributed by atoms with Crippen molar-refractivity contribution in [2.24, 2.45) is 14.1 Å². The fourth-order valence-corrected chi connectivity index (χ4v) is 4.51. The van der Waals surface area contributed by atoms with Crippen LogP contribution < -0.4 is 15.9 Å². The molecule has 34 heavy (non-hydrogen) atoms. The molecule has 1 aliphatic heterocycles. The number of nitrogens with zero attached hydrogens (tertiary/aromatic N) is 6. The average Bonchev–Trinajstić information content (AvgIpc) is 3.23. The molecular weight excluding hydrogens is 427 g/mol. The summed E-state index contributed by atoms with van der Waals surface area (Å²) in [4.78, 5) is 25.3. The summed E-state index contributed by atoms with van der Waals surface area (Å²) in [6.07, 6.45) is 3.67. The Kier molecular flexibility index (Phi) is 5.52. The van der Waals surface area contributed by atoms with Gasteiger partial charge in [0, 0.05) is 31.9 Å². The van der Waals surface area contributed by atoms with E-state index in [0.717, 1.165) is 22.5 Å². The summed E-state index contributed by atoms with van der Waals surface area (Å²) < 4.78 is 9.44. The zero-order valence-corrected chi connectivity index (χ0v) is 20.1. The van der Waals surface area contributed by atoms with Gasteiger partial charge in [-0.1, -0.05) is 29.2 Å². The Hall–Kier alpha value is -3.46. The van der Waals surface area contributed by atoms with E-state index in [1.54, 1.807) is 16.3 Å². The van der Waals surface area contributed by atoms with Crippen LogP contribution in [0.1, 0.15) is 30.0 Å². The molecule has 8 nitrogen and oxygen atoms in total. The highest BCUT2D eigenvalue weighted by Crippen LogP contribution is 2.32. The number of fused-ring (bicyclic) bond motifs is 1. The van der Waals surface area contributed by atoms with Crippen molar-refractivity contribution in [2.75, 3.05) is 18.1 Å². The van der Waals surface area contributed by atoms with Crippen molar-refractivity contribution in [1.82, 2.24) is 24.3 Å². The molecule has 1 aliphatic rings. The van der Waals surface area contributed by atoms with Crippen molar-refractivity contribution >= 4 is 30.0 Å². The van der Waals surface area contributed by atoms with E-state index in [4.69, 9.17) is 22.6 Å². The summed E-state index contributed by atoms with van der Waals surface area (Å²) in [5.41, 5.74) is 4.39. The van der Waals surface area contributed by atoms with Crippen LogP contribution in [0.25, 0.3) is 22.2 Å². The third-order valence-corrected chi connectivity index (χ3v) is 6.56. The van der Waals surface area contributed by atoms with Crippen molar-refractivity contribution in [3.63, 3.8) is 0 Å². The van der Waals surface area contributed by atoms with Crippen LogP contribution >= 0.6 is 0 Å². The van der Waals surface area contributed by atoms with Gasteiger partial charge < -0.3 is 9.64 Å². The standard InChI is InChI=1S/C25H27BN6O2/c1-14-6-7-18(19(26)8-14)24-23-20(28-16(3)31(5)25(23)33)9-22(29-24)32-12-21(34-13-15(32)2)17-10-27-30(4)11-17/h6-11,15,21H,12-13H2,1-5H3/t15-,21+/m1/s1. The van der Waals surface area contributed by atoms with Crippen LogP contribution in [-0.4, -0.2) is 51.4 Å². The average molecular weight is 454 g/mol. The van der Waals surface area contributed by atoms with Crippen LogP contribution in [0.5, 0.6) is 0 Å². The third kappa shape index (κ3) is 3.79. The summed E-state index contributed by atoms with van der Waals surface area (Å²) in [5, 5.41) is 4.76. The number of pyridine rings is 1. The normalized spacial score (nSPS) is 18.6. The largest absolute Gasteiger partial charge is 0.369 e. The van der Waals surface area contributed by atoms with E-state index < -0.39 is 0 Å². The number of aromatic nitrogens is 5. The first kappa shape index (κ1) is 22.3. The summed E-state index contributed by atoms with van der Waals surface area (Å²) in [5.74, 6) is 1.38. The minimum atomic E-state index is -0.139. The maximum absolute atomic E-state index is 13.3. The molecule has 0 N–H and O–H groups in total. The quantitative estimate of drug-likeness (QED) is 0.442. The van der Waals surface area contributed by atoms with Gasteiger partial charge in [-0.3, -0.25) is 14.0 Å². The lowest BCUT2D eigenvalue weighted by atomic mass is 9.87. The molecule has 3 aromatic heterocycles. The van der Waals surface area contributed by atoms with Crippen LogP contribution in [0, 0.1) is 13.8 Å². The van der Waals surface area contributed by atoms with Gasteiger partial charge in [-0.25, -0.2) is 9.97 Å². The summed E-state index contributed by atoms with van der Waals surface area (Å²) in [7, 11) is 10.0. The van der Waals surface area contributed by atoms with Gasteiger partial charge in [-0.2, -0.15) is 5.10 Å². The molecule has 1 saturated heterocycles. The van der Waals surface area contributed by atoms with Gasteiger partial charge >= 0.3 is 0 Å². The van der Waals surface area contributed by atoms with Crippen molar-refractivity contribution in [3.8, 4) is 11.3 Å². The van der Waals surface area contributed by atoms with Crippen molar-refractivity contribution in [3.05, 3.63) is 64.0 Å². The Balaban J connectivity index is 1.70. The molecule has 172 valence electrons. The number of rotatable bonds is 3. The molecule has 9 heteroatoms. The van der Waals surface area contributed by atoms with Crippen LogP contribution in [-0.2, 0) is 18.8 Å². The highest BCUT2D eigenvalue weighted by atomic mass is 16.5. The third-order valence-electron chi connectivity index (χ3n) is 6.56. The number of anilines is 1. The summed E-state index contributed by atoms with van der Waals surface area (Å²) in [6.45, 7) is 7.08. The molecule has 2 radical (unpaired) electrons. The lowest BCUT2D eigenvalue weighted by Crippen LogP contribution is -2.45. The second kappa shape index (κ2) is 8.40. The van der Waals surface area contributed by atoms with Gasteiger partial charge in [0.25, 0.3) is 5.56 Å². The fraction of sp³-hybridized carbons (Fsp3) is 0.360. The molecule has 0 saturated carbocycles. The molecule has 4 heterocycles. The van der Waals surface area contributed by atoms with Crippen LogP contribution in [0.2, 0.25) is 0 Å². The van der Waals surface area contributed by atoms with Gasteiger partial charge in [0.15, 0.2) is 0 Å². The molecule has 1 fully saturated rings. The summed E-state index contributed by atoms with van der Waals surface area (Å²) in [6, 6.07) is 7.80. The van der Waals surface area contributed by atoms with Gasteiger partial charge in [0.05, 0.1) is 42.0 Å². The first-order chi connectivity index (χ1) is 16.2. The van der Waals surface area contributed by atoms with Gasteiger partial charge in [0.1, 0.15) is 25.6 Å². The molecule has 0 bridgehead atoms. The first-order valence-corrected chi connectivity index (χ1v) is 11.3. The first-order valence-electron chi connectivity index (χ1n) is 11.3. The monoisotopic (exact) mass is 454 g/mol. The maximum Gasteiger partial charge on any atom is 0.263 e. The highest BCUT2D eigenvalue weighted by molar-refractivity contribution is 6.36. The summed E-state index contributed by atoms with van der Waals surface area (Å²) >= 11 is 0. The number of ether oxygens (including phenoxy) is 1. The van der Waals surface area contributed by atoms with E-state index in [1.807, 2.05) is 57.6 Å². The van der Waals surface area contributed by atoms with Gasteiger partial charge in [-0.05, 0) is 26.3 Å². The fourth-order valence-electron chi connectivity index (χ4n) is 4.51. The SMILES string of the molecule is [B]c1cc(C)ccc1-c1nc(N2C[C@@H](c3cnn(C)c3)OC[C@H]2C)cc2nc(C)n(C)c(=O)c12. The second-order valence-electron chi connectivity index (χ2n) is 9.11. The van der Waals surface area contributed by atoms with Crippen LogP contribution in [0.4, 0.5) is 5.82 Å². The van der Waals surface area contributed by atoms with E-state index in [1.165, 1.54) is 0 Å². The molecule has 2 atom stereocenters. The molecule has 4 aromatic rings. The van der Waals surface area contributed by atoms with Crippen molar-refractivity contribution in [1.29, 1.82) is 0 Å². The minimum absolute atomic E-state index is 0.0914. The molecule has 0 amide bonds. The number of hydrogen-bond acceptors (Lipinski definition) is 6. The minimum Gasteiger partial charge on any atom is -0.369 e. The highest BCUT2D eigenvalue weighted by Gasteiger charge is 2.30. The van der Waals surface area contributed by atoms with E-state index in [9.17, 15) is 4.79 Å². The van der Waals surface area contributed by atoms with E-state index in [0.29, 0.717) is 41.0 Å².